The number of morpholine rings is 1. The molecule has 0 radical (unpaired) electrons. The third-order valence-corrected chi connectivity index (χ3v) is 4.14. The van der Waals surface area contributed by atoms with Crippen LogP contribution in [-0.2, 0) is 4.74 Å². The predicted molar refractivity (Wildman–Crippen MR) is 91.7 cm³/mol. The van der Waals surface area contributed by atoms with Gasteiger partial charge in [-0.2, -0.15) is 0 Å². The summed E-state index contributed by atoms with van der Waals surface area (Å²) in [6.45, 7) is 2.33. The summed E-state index contributed by atoms with van der Waals surface area (Å²) >= 11 is 0. The molecule has 0 N–H and O–H groups in total. The minimum atomic E-state index is -0.0610. The van der Waals surface area contributed by atoms with Crippen LogP contribution in [0, 0.1) is 0 Å². The molecule has 0 saturated carbocycles. The van der Waals surface area contributed by atoms with Crippen molar-refractivity contribution in [2.45, 2.75) is 0 Å². The predicted octanol–water partition coefficient (Wildman–Crippen LogP) is 2.77. The molecule has 0 bridgehead atoms. The van der Waals surface area contributed by atoms with Gasteiger partial charge in [-0.05, 0) is 6.07 Å². The fourth-order valence-electron chi connectivity index (χ4n) is 2.87. The third kappa shape index (κ3) is 2.74. The number of carbonyl (C=O) groups excluding carboxylic acids is 1. The molecule has 5 heteroatoms. The average Bonchev–Trinajstić information content (AvgIpc) is 2.68. The number of hydrogen-bond acceptors (Lipinski definition) is 4. The standard InChI is InChI=1S/C19H17N3O2/c23-19(22-10-12-24-13-11-22)17-15-8-4-5-9-16(15)20-18(21-17)14-6-2-1-3-7-14/h1-9H,10-13H2. The van der Waals surface area contributed by atoms with Crippen molar-refractivity contribution in [1.29, 1.82) is 0 Å². The van der Waals surface area contributed by atoms with Gasteiger partial charge in [-0.3, -0.25) is 4.79 Å². The van der Waals surface area contributed by atoms with Crippen LogP contribution < -0.4 is 0 Å². The first-order valence-electron chi connectivity index (χ1n) is 8.02. The van der Waals surface area contributed by atoms with Crippen molar-refractivity contribution in [2.75, 3.05) is 26.3 Å². The topological polar surface area (TPSA) is 55.3 Å². The SMILES string of the molecule is O=C(c1nc(-c2ccccc2)nc2ccccc12)N1CCOCC1. The molecule has 2 aromatic carbocycles. The molecule has 4 rings (SSSR count). The number of para-hydroxylation sites is 1. The number of rotatable bonds is 2. The molecule has 0 aliphatic carbocycles. The number of ether oxygens (including phenoxy) is 1. The van der Waals surface area contributed by atoms with Crippen LogP contribution in [-0.4, -0.2) is 47.1 Å². The Morgan fingerprint density at radius 2 is 1.62 bits per heavy atom. The molecule has 24 heavy (non-hydrogen) atoms. The number of amides is 1. The maximum absolute atomic E-state index is 13.0. The van der Waals surface area contributed by atoms with Crippen LogP contribution in [0.1, 0.15) is 10.5 Å². The van der Waals surface area contributed by atoms with E-state index in [-0.39, 0.29) is 5.91 Å². The molecular formula is C19H17N3O2. The highest BCUT2D eigenvalue weighted by atomic mass is 16.5. The zero-order valence-corrected chi connectivity index (χ0v) is 13.2. The van der Waals surface area contributed by atoms with Crippen LogP contribution in [0.25, 0.3) is 22.3 Å². The molecule has 1 aliphatic heterocycles. The second-order valence-electron chi connectivity index (χ2n) is 5.68. The molecule has 2 heterocycles. The Bertz CT molecular complexity index is 874. The highest BCUT2D eigenvalue weighted by molar-refractivity contribution is 6.04. The second kappa shape index (κ2) is 6.37. The van der Waals surface area contributed by atoms with E-state index in [1.54, 1.807) is 4.90 Å². The Labute approximate surface area is 139 Å². The molecule has 3 aromatic rings. The molecule has 5 nitrogen and oxygen atoms in total. The lowest BCUT2D eigenvalue weighted by Crippen LogP contribution is -2.41. The van der Waals surface area contributed by atoms with E-state index in [2.05, 4.69) is 9.97 Å². The van der Waals surface area contributed by atoms with Crippen molar-refractivity contribution in [1.82, 2.24) is 14.9 Å². The summed E-state index contributed by atoms with van der Waals surface area (Å²) in [5.41, 5.74) is 2.14. The van der Waals surface area contributed by atoms with Crippen LogP contribution in [0.5, 0.6) is 0 Å². The van der Waals surface area contributed by atoms with Gasteiger partial charge in [0, 0.05) is 24.0 Å². The minimum absolute atomic E-state index is 0.0610. The van der Waals surface area contributed by atoms with E-state index in [0.717, 1.165) is 16.5 Å². The lowest BCUT2D eigenvalue weighted by molar-refractivity contribution is 0.0300. The molecule has 1 amide bonds. The fourth-order valence-corrected chi connectivity index (χ4v) is 2.87. The highest BCUT2D eigenvalue weighted by Crippen LogP contribution is 2.22. The normalized spacial score (nSPS) is 14.8. The first-order valence-corrected chi connectivity index (χ1v) is 8.02. The van der Waals surface area contributed by atoms with Crippen LogP contribution in [0.2, 0.25) is 0 Å². The third-order valence-electron chi connectivity index (χ3n) is 4.14. The monoisotopic (exact) mass is 319 g/mol. The van der Waals surface area contributed by atoms with Crippen LogP contribution in [0.15, 0.2) is 54.6 Å². The van der Waals surface area contributed by atoms with Crippen molar-refractivity contribution < 1.29 is 9.53 Å². The van der Waals surface area contributed by atoms with Crippen molar-refractivity contribution in [3.8, 4) is 11.4 Å². The van der Waals surface area contributed by atoms with Crippen molar-refractivity contribution in [3.05, 3.63) is 60.3 Å². The number of nitrogens with zero attached hydrogens (tertiary/aromatic N) is 3. The maximum atomic E-state index is 13.0. The number of aromatic nitrogens is 2. The summed E-state index contributed by atoms with van der Waals surface area (Å²) in [4.78, 5) is 24.0. The van der Waals surface area contributed by atoms with E-state index in [1.165, 1.54) is 0 Å². The van der Waals surface area contributed by atoms with Crippen LogP contribution in [0.3, 0.4) is 0 Å². The number of hydrogen-bond donors (Lipinski definition) is 0. The maximum Gasteiger partial charge on any atom is 0.273 e. The van der Waals surface area contributed by atoms with Gasteiger partial charge in [0.1, 0.15) is 5.69 Å². The molecule has 120 valence electrons. The van der Waals surface area contributed by atoms with Gasteiger partial charge in [-0.25, -0.2) is 9.97 Å². The molecule has 0 unspecified atom stereocenters. The van der Waals surface area contributed by atoms with E-state index in [1.807, 2.05) is 54.6 Å². The summed E-state index contributed by atoms with van der Waals surface area (Å²) in [6, 6.07) is 17.4. The fraction of sp³-hybridized carbons (Fsp3) is 0.211. The van der Waals surface area contributed by atoms with Gasteiger partial charge in [0.2, 0.25) is 0 Å². The quantitative estimate of drug-likeness (QED) is 0.729. The average molecular weight is 319 g/mol. The number of fused-ring (bicyclic) bond motifs is 1. The lowest BCUT2D eigenvalue weighted by Gasteiger charge is -2.26. The highest BCUT2D eigenvalue weighted by Gasteiger charge is 2.23. The van der Waals surface area contributed by atoms with Crippen molar-refractivity contribution in [2.24, 2.45) is 0 Å². The smallest absolute Gasteiger partial charge is 0.273 e. The number of benzene rings is 2. The van der Waals surface area contributed by atoms with E-state index >= 15 is 0 Å². The van der Waals surface area contributed by atoms with Gasteiger partial charge in [0.05, 0.1) is 18.7 Å². The zero-order valence-electron chi connectivity index (χ0n) is 13.2. The Morgan fingerprint density at radius 1 is 0.917 bits per heavy atom. The molecule has 0 atom stereocenters. The van der Waals surface area contributed by atoms with Crippen molar-refractivity contribution >= 4 is 16.8 Å². The first-order chi connectivity index (χ1) is 11.8. The molecular weight excluding hydrogens is 302 g/mol. The van der Waals surface area contributed by atoms with Gasteiger partial charge in [-0.1, -0.05) is 48.5 Å². The summed E-state index contributed by atoms with van der Waals surface area (Å²) in [7, 11) is 0. The Kier molecular flexibility index (Phi) is 3.92. The molecule has 1 aliphatic rings. The summed E-state index contributed by atoms with van der Waals surface area (Å²) < 4.78 is 5.34. The zero-order chi connectivity index (χ0) is 16.4. The molecule has 1 fully saturated rings. The van der Waals surface area contributed by atoms with E-state index in [4.69, 9.17) is 4.74 Å². The molecule has 0 spiro atoms. The lowest BCUT2D eigenvalue weighted by atomic mass is 10.1. The second-order valence-corrected chi connectivity index (χ2v) is 5.68. The Morgan fingerprint density at radius 3 is 2.42 bits per heavy atom. The van der Waals surface area contributed by atoms with Gasteiger partial charge < -0.3 is 9.64 Å². The van der Waals surface area contributed by atoms with Crippen molar-refractivity contribution in [3.63, 3.8) is 0 Å². The van der Waals surface area contributed by atoms with Gasteiger partial charge in [0.15, 0.2) is 5.82 Å². The van der Waals surface area contributed by atoms with Crippen LogP contribution >= 0.6 is 0 Å². The van der Waals surface area contributed by atoms with Gasteiger partial charge >= 0.3 is 0 Å². The Balaban J connectivity index is 1.85. The molecule has 1 aromatic heterocycles. The number of carbonyl (C=O) groups is 1. The Hall–Kier alpha value is -2.79. The van der Waals surface area contributed by atoms with Gasteiger partial charge in [0.25, 0.3) is 5.91 Å². The summed E-state index contributed by atoms with van der Waals surface area (Å²) in [6.07, 6.45) is 0. The minimum Gasteiger partial charge on any atom is -0.378 e. The summed E-state index contributed by atoms with van der Waals surface area (Å²) in [5.74, 6) is 0.514. The summed E-state index contributed by atoms with van der Waals surface area (Å²) in [5, 5.41) is 0.786. The van der Waals surface area contributed by atoms with E-state index < -0.39 is 0 Å². The first kappa shape index (κ1) is 14.8. The van der Waals surface area contributed by atoms with E-state index in [0.29, 0.717) is 37.8 Å². The molecule has 1 saturated heterocycles. The van der Waals surface area contributed by atoms with Crippen LogP contribution in [0.4, 0.5) is 0 Å². The van der Waals surface area contributed by atoms with Gasteiger partial charge in [-0.15, -0.1) is 0 Å². The van der Waals surface area contributed by atoms with E-state index in [9.17, 15) is 4.79 Å². The largest absolute Gasteiger partial charge is 0.378 e.